The first-order valence-corrected chi connectivity index (χ1v) is 11.0. The van der Waals surface area contributed by atoms with Crippen LogP contribution in [0.25, 0.3) is 0 Å². The minimum absolute atomic E-state index is 0.0635. The number of aromatic hydroxyl groups is 1. The minimum Gasteiger partial charge on any atom is -0.506 e. The standard InChI is InChI=1S/C23H27BrO3/c1-2-18(16-6-4-3-5-7-16)19-21(25)20(24)22(27-23(19)26)17(12-14-8-9-14)13-15-10-11-15/h3-7,14-15,17-18,25H,2,8-13H2,1H3. The predicted molar refractivity (Wildman–Crippen MR) is 110 cm³/mol. The number of benzene rings is 1. The van der Waals surface area contributed by atoms with E-state index in [-0.39, 0.29) is 17.6 Å². The van der Waals surface area contributed by atoms with Crippen molar-refractivity contribution in [3.05, 3.63) is 62.1 Å². The largest absolute Gasteiger partial charge is 0.506 e. The van der Waals surface area contributed by atoms with E-state index in [1.165, 1.54) is 25.7 Å². The van der Waals surface area contributed by atoms with Crippen molar-refractivity contribution < 1.29 is 9.52 Å². The van der Waals surface area contributed by atoms with E-state index >= 15 is 0 Å². The van der Waals surface area contributed by atoms with Crippen molar-refractivity contribution in [2.75, 3.05) is 0 Å². The molecule has 0 saturated heterocycles. The zero-order valence-corrected chi connectivity index (χ0v) is 17.4. The second kappa shape index (κ2) is 7.83. The van der Waals surface area contributed by atoms with Crippen LogP contribution in [0.4, 0.5) is 0 Å². The molecule has 1 heterocycles. The van der Waals surface area contributed by atoms with E-state index in [2.05, 4.69) is 15.9 Å². The Balaban J connectivity index is 1.72. The molecule has 3 nitrogen and oxygen atoms in total. The van der Waals surface area contributed by atoms with E-state index in [4.69, 9.17) is 4.42 Å². The molecule has 0 spiro atoms. The van der Waals surface area contributed by atoms with Gasteiger partial charge in [0.25, 0.3) is 0 Å². The monoisotopic (exact) mass is 430 g/mol. The van der Waals surface area contributed by atoms with Gasteiger partial charge in [-0.05, 0) is 52.6 Å². The van der Waals surface area contributed by atoms with Gasteiger partial charge in [0.1, 0.15) is 11.5 Å². The van der Waals surface area contributed by atoms with E-state index in [0.29, 0.717) is 15.8 Å². The van der Waals surface area contributed by atoms with Crippen LogP contribution in [-0.2, 0) is 0 Å². The summed E-state index contributed by atoms with van der Waals surface area (Å²) in [7, 11) is 0. The Hall–Kier alpha value is -1.55. The summed E-state index contributed by atoms with van der Waals surface area (Å²) in [5.74, 6) is 2.28. The molecule has 4 heteroatoms. The first-order valence-electron chi connectivity index (χ1n) is 10.2. The van der Waals surface area contributed by atoms with Crippen LogP contribution >= 0.6 is 15.9 Å². The van der Waals surface area contributed by atoms with Gasteiger partial charge in [0, 0.05) is 11.8 Å². The van der Waals surface area contributed by atoms with Gasteiger partial charge in [-0.25, -0.2) is 4.79 Å². The molecule has 1 unspecified atom stereocenters. The Labute approximate surface area is 168 Å². The Morgan fingerprint density at radius 3 is 2.22 bits per heavy atom. The third-order valence-electron chi connectivity index (χ3n) is 6.06. The lowest BCUT2D eigenvalue weighted by molar-refractivity contribution is 0.353. The van der Waals surface area contributed by atoms with Crippen LogP contribution in [0.3, 0.4) is 0 Å². The van der Waals surface area contributed by atoms with Gasteiger partial charge in [-0.1, -0.05) is 62.9 Å². The molecule has 0 amide bonds. The molecule has 1 aromatic heterocycles. The van der Waals surface area contributed by atoms with Gasteiger partial charge in [0.05, 0.1) is 10.0 Å². The molecule has 144 valence electrons. The van der Waals surface area contributed by atoms with E-state index in [1.807, 2.05) is 37.3 Å². The summed E-state index contributed by atoms with van der Waals surface area (Å²) < 4.78 is 6.46. The molecule has 2 aliphatic carbocycles. The summed E-state index contributed by atoms with van der Waals surface area (Å²) >= 11 is 3.57. The van der Waals surface area contributed by atoms with Crippen molar-refractivity contribution in [2.24, 2.45) is 11.8 Å². The van der Waals surface area contributed by atoms with Gasteiger partial charge in [-0.2, -0.15) is 0 Å². The molecular formula is C23H27BrO3. The molecule has 2 fully saturated rings. The summed E-state index contributed by atoms with van der Waals surface area (Å²) in [6.07, 6.45) is 7.96. The molecule has 1 N–H and O–H groups in total. The highest BCUT2D eigenvalue weighted by molar-refractivity contribution is 9.10. The normalized spacial score (nSPS) is 18.0. The van der Waals surface area contributed by atoms with Crippen molar-refractivity contribution >= 4 is 15.9 Å². The van der Waals surface area contributed by atoms with Gasteiger partial charge in [0.15, 0.2) is 0 Å². The fourth-order valence-corrected chi connectivity index (χ4v) is 4.83. The summed E-state index contributed by atoms with van der Waals surface area (Å²) in [4.78, 5) is 12.9. The third kappa shape index (κ3) is 4.16. The summed E-state index contributed by atoms with van der Waals surface area (Å²) in [6, 6.07) is 9.87. The molecule has 2 saturated carbocycles. The summed E-state index contributed by atoms with van der Waals surface area (Å²) in [6.45, 7) is 2.03. The maximum Gasteiger partial charge on any atom is 0.343 e. The van der Waals surface area contributed by atoms with Crippen LogP contribution in [0.5, 0.6) is 5.75 Å². The van der Waals surface area contributed by atoms with Crippen LogP contribution in [0.1, 0.15) is 80.6 Å². The zero-order chi connectivity index (χ0) is 19.0. The Bertz CT molecular complexity index is 836. The maximum absolute atomic E-state index is 12.9. The Morgan fingerprint density at radius 1 is 1.11 bits per heavy atom. The Morgan fingerprint density at radius 2 is 1.70 bits per heavy atom. The summed E-state index contributed by atoms with van der Waals surface area (Å²) in [5.41, 5.74) is 1.00. The number of rotatable bonds is 8. The lowest BCUT2D eigenvalue weighted by Gasteiger charge is -2.21. The van der Waals surface area contributed by atoms with Crippen molar-refractivity contribution in [1.29, 1.82) is 0 Å². The third-order valence-corrected chi connectivity index (χ3v) is 6.83. The Kier molecular flexibility index (Phi) is 5.45. The average molecular weight is 431 g/mol. The van der Waals surface area contributed by atoms with Crippen molar-refractivity contribution in [2.45, 2.75) is 63.7 Å². The van der Waals surface area contributed by atoms with Crippen LogP contribution in [0.15, 0.2) is 44.0 Å². The van der Waals surface area contributed by atoms with Crippen LogP contribution in [0, 0.1) is 11.8 Å². The fraction of sp³-hybridized carbons (Fsp3) is 0.522. The van der Waals surface area contributed by atoms with E-state index in [0.717, 1.165) is 36.7 Å². The van der Waals surface area contributed by atoms with Crippen molar-refractivity contribution in [3.8, 4) is 5.75 Å². The van der Waals surface area contributed by atoms with Crippen LogP contribution in [0.2, 0.25) is 0 Å². The molecule has 27 heavy (non-hydrogen) atoms. The molecule has 4 rings (SSSR count). The van der Waals surface area contributed by atoms with Gasteiger partial charge < -0.3 is 9.52 Å². The highest BCUT2D eigenvalue weighted by Crippen LogP contribution is 2.48. The first-order chi connectivity index (χ1) is 13.1. The second-order valence-electron chi connectivity index (χ2n) is 8.26. The lowest BCUT2D eigenvalue weighted by atomic mass is 9.88. The molecule has 2 aromatic rings. The molecular weight excluding hydrogens is 404 g/mol. The molecule has 0 aliphatic heterocycles. The highest BCUT2D eigenvalue weighted by Gasteiger charge is 2.35. The minimum atomic E-state index is -0.391. The molecule has 0 radical (unpaired) electrons. The average Bonchev–Trinajstić information content (AvgIpc) is 3.58. The number of hydrogen-bond acceptors (Lipinski definition) is 3. The topological polar surface area (TPSA) is 50.4 Å². The van der Waals surface area contributed by atoms with Gasteiger partial charge in [0.2, 0.25) is 0 Å². The maximum atomic E-state index is 12.9. The lowest BCUT2D eigenvalue weighted by Crippen LogP contribution is -2.17. The zero-order valence-electron chi connectivity index (χ0n) is 15.8. The predicted octanol–water partition coefficient (Wildman–Crippen LogP) is 6.33. The van der Waals surface area contributed by atoms with E-state index in [9.17, 15) is 9.90 Å². The number of halogens is 1. The van der Waals surface area contributed by atoms with Crippen molar-refractivity contribution in [3.63, 3.8) is 0 Å². The van der Waals surface area contributed by atoms with Gasteiger partial charge in [-0.15, -0.1) is 0 Å². The molecule has 1 aromatic carbocycles. The smallest absolute Gasteiger partial charge is 0.343 e. The highest BCUT2D eigenvalue weighted by atomic mass is 79.9. The second-order valence-corrected chi connectivity index (χ2v) is 9.05. The van der Waals surface area contributed by atoms with Crippen LogP contribution < -0.4 is 5.63 Å². The van der Waals surface area contributed by atoms with Crippen LogP contribution in [-0.4, -0.2) is 5.11 Å². The SMILES string of the molecule is CCC(c1ccccc1)c1c(O)c(Br)c(C(CC2CC2)CC2CC2)oc1=O. The van der Waals surface area contributed by atoms with E-state index < -0.39 is 5.63 Å². The van der Waals surface area contributed by atoms with Crippen molar-refractivity contribution in [1.82, 2.24) is 0 Å². The molecule has 1 atom stereocenters. The first kappa shape index (κ1) is 18.8. The number of hydrogen-bond donors (Lipinski definition) is 1. The van der Waals surface area contributed by atoms with Gasteiger partial charge in [-0.3, -0.25) is 0 Å². The quantitative estimate of drug-likeness (QED) is 0.531. The molecule has 2 aliphatic rings. The fourth-order valence-electron chi connectivity index (χ4n) is 4.22. The van der Waals surface area contributed by atoms with Gasteiger partial charge >= 0.3 is 5.63 Å². The molecule has 0 bridgehead atoms. The summed E-state index contributed by atoms with van der Waals surface area (Å²) in [5, 5.41) is 11.0. The van der Waals surface area contributed by atoms with E-state index in [1.54, 1.807) is 0 Å².